The molecule has 0 radical (unpaired) electrons. The van der Waals surface area contributed by atoms with Crippen LogP contribution in [0.1, 0.15) is 66.0 Å². The standard InChI is InChI=1S/C23H22ClFN2O3S/c1-23(2)6-5-10-7-15(31-20(10)21(23)26)16-14(25)8-12-18(17(16)24)27(11-3-4-11)9-13(19(12)28)22(29)30/h7-9,11,21H,3-6,26H2,1-2H3,(H,29,30). The Balaban J connectivity index is 1.77. The van der Waals surface area contributed by atoms with E-state index in [-0.39, 0.29) is 39.0 Å². The van der Waals surface area contributed by atoms with Gasteiger partial charge < -0.3 is 15.4 Å². The highest BCUT2D eigenvalue weighted by molar-refractivity contribution is 7.15. The molecule has 1 fully saturated rings. The lowest BCUT2D eigenvalue weighted by molar-refractivity contribution is 0.0695. The first-order valence-electron chi connectivity index (χ1n) is 10.3. The fourth-order valence-electron chi connectivity index (χ4n) is 4.45. The third-order valence-electron chi connectivity index (χ3n) is 6.63. The summed E-state index contributed by atoms with van der Waals surface area (Å²) in [5, 5.41) is 9.57. The number of nitrogens with two attached hydrogens (primary N) is 1. The number of hydrogen-bond acceptors (Lipinski definition) is 4. The minimum Gasteiger partial charge on any atom is -0.477 e. The van der Waals surface area contributed by atoms with E-state index in [0.29, 0.717) is 10.4 Å². The second-order valence-corrected chi connectivity index (χ2v) is 10.7. The Hall–Kier alpha value is -2.22. The highest BCUT2D eigenvalue weighted by Gasteiger charge is 2.36. The Morgan fingerprint density at radius 1 is 1.35 bits per heavy atom. The van der Waals surface area contributed by atoms with Crippen LogP contribution >= 0.6 is 22.9 Å². The van der Waals surface area contributed by atoms with Crippen LogP contribution in [0, 0.1) is 11.2 Å². The number of hydrogen-bond donors (Lipinski definition) is 2. The molecule has 2 heterocycles. The van der Waals surface area contributed by atoms with Gasteiger partial charge in [0, 0.05) is 33.6 Å². The predicted octanol–water partition coefficient (Wildman–Crippen LogP) is 5.53. The Kier molecular flexibility index (Phi) is 4.59. The van der Waals surface area contributed by atoms with Crippen LogP contribution in [0.25, 0.3) is 21.3 Å². The minimum absolute atomic E-state index is 0.00259. The number of aromatic carboxylic acids is 1. The molecule has 0 saturated heterocycles. The maximum Gasteiger partial charge on any atom is 0.341 e. The zero-order valence-electron chi connectivity index (χ0n) is 17.2. The maximum absolute atomic E-state index is 15.3. The molecule has 162 valence electrons. The van der Waals surface area contributed by atoms with Gasteiger partial charge in [-0.25, -0.2) is 9.18 Å². The molecule has 8 heteroatoms. The fraction of sp³-hybridized carbons (Fsp3) is 0.391. The molecule has 1 unspecified atom stereocenters. The molecule has 0 spiro atoms. The van der Waals surface area contributed by atoms with E-state index in [0.717, 1.165) is 42.2 Å². The molecule has 2 aliphatic carbocycles. The second-order valence-electron chi connectivity index (χ2n) is 9.23. The molecule has 2 aliphatic rings. The van der Waals surface area contributed by atoms with Crippen molar-refractivity contribution < 1.29 is 14.3 Å². The van der Waals surface area contributed by atoms with Gasteiger partial charge in [0.25, 0.3) is 0 Å². The van der Waals surface area contributed by atoms with Gasteiger partial charge in [0.1, 0.15) is 11.4 Å². The van der Waals surface area contributed by atoms with Crippen molar-refractivity contribution in [3.05, 3.63) is 55.4 Å². The Bertz CT molecular complexity index is 1320. The van der Waals surface area contributed by atoms with E-state index in [4.69, 9.17) is 17.3 Å². The third-order valence-corrected chi connectivity index (χ3v) is 8.28. The minimum atomic E-state index is -1.33. The number of thiophene rings is 1. The van der Waals surface area contributed by atoms with Crippen LogP contribution in [0.2, 0.25) is 5.02 Å². The van der Waals surface area contributed by atoms with Gasteiger partial charge in [0.15, 0.2) is 0 Å². The van der Waals surface area contributed by atoms with Crippen LogP contribution in [-0.2, 0) is 6.42 Å². The molecule has 0 aliphatic heterocycles. The first-order valence-corrected chi connectivity index (χ1v) is 11.5. The number of carboxylic acid groups (broad SMARTS) is 1. The van der Waals surface area contributed by atoms with E-state index in [1.54, 1.807) is 4.57 Å². The SMILES string of the molecule is CC1(C)CCc2cc(-c3c(F)cc4c(=O)c(C(=O)O)cn(C5CC5)c4c3Cl)sc2C1N. The molecule has 5 nitrogen and oxygen atoms in total. The number of fused-ring (bicyclic) bond motifs is 2. The monoisotopic (exact) mass is 460 g/mol. The summed E-state index contributed by atoms with van der Waals surface area (Å²) in [5.74, 6) is -1.96. The van der Waals surface area contributed by atoms with E-state index in [2.05, 4.69) is 13.8 Å². The summed E-state index contributed by atoms with van der Waals surface area (Å²) in [6.07, 6.45) is 4.88. The summed E-state index contributed by atoms with van der Waals surface area (Å²) in [7, 11) is 0. The van der Waals surface area contributed by atoms with E-state index in [1.165, 1.54) is 17.5 Å². The smallest absolute Gasteiger partial charge is 0.341 e. The van der Waals surface area contributed by atoms with Crippen molar-refractivity contribution in [3.8, 4) is 10.4 Å². The molecular formula is C23H22ClFN2O3S. The van der Waals surface area contributed by atoms with E-state index >= 15 is 4.39 Å². The van der Waals surface area contributed by atoms with E-state index < -0.39 is 17.2 Å². The lowest BCUT2D eigenvalue weighted by Gasteiger charge is -2.35. The summed E-state index contributed by atoms with van der Waals surface area (Å²) in [6.45, 7) is 4.27. The molecule has 5 rings (SSSR count). The lowest BCUT2D eigenvalue weighted by atomic mass is 9.74. The molecule has 1 saturated carbocycles. The first-order chi connectivity index (χ1) is 14.6. The van der Waals surface area contributed by atoms with Crippen molar-refractivity contribution in [2.45, 2.75) is 51.6 Å². The van der Waals surface area contributed by atoms with Crippen molar-refractivity contribution in [1.29, 1.82) is 0 Å². The highest BCUT2D eigenvalue weighted by Crippen LogP contribution is 2.49. The Morgan fingerprint density at radius 2 is 2.06 bits per heavy atom. The number of pyridine rings is 1. The third kappa shape index (κ3) is 3.13. The second kappa shape index (κ2) is 6.89. The molecule has 1 aromatic carbocycles. The molecule has 1 atom stereocenters. The van der Waals surface area contributed by atoms with Gasteiger partial charge in [0.2, 0.25) is 5.43 Å². The zero-order valence-corrected chi connectivity index (χ0v) is 18.7. The number of nitrogens with zero attached hydrogens (tertiary/aromatic N) is 1. The van der Waals surface area contributed by atoms with Crippen molar-refractivity contribution >= 4 is 39.8 Å². The zero-order chi connectivity index (χ0) is 22.2. The Morgan fingerprint density at radius 3 is 2.71 bits per heavy atom. The summed E-state index contributed by atoms with van der Waals surface area (Å²) in [4.78, 5) is 26.0. The van der Waals surface area contributed by atoms with Gasteiger partial charge in [-0.2, -0.15) is 0 Å². The first kappa shape index (κ1) is 20.7. The maximum atomic E-state index is 15.3. The molecule has 31 heavy (non-hydrogen) atoms. The van der Waals surface area contributed by atoms with Crippen LogP contribution in [0.15, 0.2) is 23.1 Å². The summed E-state index contributed by atoms with van der Waals surface area (Å²) < 4.78 is 17.1. The van der Waals surface area contributed by atoms with Crippen LogP contribution in [-0.4, -0.2) is 15.6 Å². The van der Waals surface area contributed by atoms with E-state index in [9.17, 15) is 14.7 Å². The number of rotatable bonds is 3. The van der Waals surface area contributed by atoms with Gasteiger partial charge in [0.05, 0.1) is 15.9 Å². The number of carbonyl (C=O) groups is 1. The van der Waals surface area contributed by atoms with Crippen LogP contribution < -0.4 is 11.2 Å². The topological polar surface area (TPSA) is 85.3 Å². The van der Waals surface area contributed by atoms with Crippen molar-refractivity contribution in [2.24, 2.45) is 11.1 Å². The molecule has 3 N–H and O–H groups in total. The molecule has 0 bridgehead atoms. The number of aryl methyl sites for hydroxylation is 1. The van der Waals surface area contributed by atoms with Crippen molar-refractivity contribution in [2.75, 3.05) is 0 Å². The van der Waals surface area contributed by atoms with Gasteiger partial charge >= 0.3 is 5.97 Å². The van der Waals surface area contributed by atoms with Gasteiger partial charge in [-0.3, -0.25) is 4.79 Å². The number of halogens is 2. The quantitative estimate of drug-likeness (QED) is 0.538. The van der Waals surface area contributed by atoms with Crippen LogP contribution in [0.3, 0.4) is 0 Å². The van der Waals surface area contributed by atoms with Gasteiger partial charge in [-0.05, 0) is 48.8 Å². The van der Waals surface area contributed by atoms with Gasteiger partial charge in [-0.1, -0.05) is 25.4 Å². The summed E-state index contributed by atoms with van der Waals surface area (Å²) in [6, 6.07) is 3.01. The largest absolute Gasteiger partial charge is 0.477 e. The van der Waals surface area contributed by atoms with Crippen LogP contribution in [0.4, 0.5) is 4.39 Å². The Labute approximate surface area is 187 Å². The highest BCUT2D eigenvalue weighted by atomic mass is 35.5. The number of benzene rings is 1. The molecular weight excluding hydrogens is 439 g/mol. The summed E-state index contributed by atoms with van der Waals surface area (Å²) in [5.41, 5.74) is 7.12. The predicted molar refractivity (Wildman–Crippen MR) is 121 cm³/mol. The fourth-order valence-corrected chi connectivity index (χ4v) is 6.38. The average Bonchev–Trinajstić information content (AvgIpc) is 3.45. The van der Waals surface area contributed by atoms with Crippen molar-refractivity contribution in [3.63, 3.8) is 0 Å². The average molecular weight is 461 g/mol. The number of aromatic nitrogens is 1. The molecule has 2 aromatic heterocycles. The number of carboxylic acids is 1. The van der Waals surface area contributed by atoms with Crippen molar-refractivity contribution in [1.82, 2.24) is 4.57 Å². The normalized spacial score (nSPS) is 20.1. The van der Waals surface area contributed by atoms with E-state index in [1.807, 2.05) is 6.07 Å². The van der Waals surface area contributed by atoms with Crippen LogP contribution in [0.5, 0.6) is 0 Å². The molecule has 3 aromatic rings. The van der Waals surface area contributed by atoms with Gasteiger partial charge in [-0.15, -0.1) is 11.3 Å². The molecule has 0 amide bonds. The lowest BCUT2D eigenvalue weighted by Crippen LogP contribution is -2.32. The summed E-state index contributed by atoms with van der Waals surface area (Å²) >= 11 is 8.19.